The quantitative estimate of drug-likeness (QED) is 0.579. The van der Waals surface area contributed by atoms with Crippen LogP contribution >= 0.6 is 0 Å². The van der Waals surface area contributed by atoms with Crippen LogP contribution in [0, 0.1) is 11.3 Å². The number of hydrogen-bond acceptors (Lipinski definition) is 0. The van der Waals surface area contributed by atoms with Crippen molar-refractivity contribution in [3.8, 4) is 0 Å². The molecule has 2 atom stereocenters. The Kier molecular flexibility index (Phi) is 2.68. The molecular formula is C15H20. The molecule has 0 saturated heterocycles. The van der Waals surface area contributed by atoms with Crippen LogP contribution in [0.3, 0.4) is 0 Å². The molecule has 0 aromatic rings. The van der Waals surface area contributed by atoms with Crippen LogP contribution in [0.1, 0.15) is 33.1 Å². The van der Waals surface area contributed by atoms with Crippen molar-refractivity contribution in [1.29, 1.82) is 0 Å². The second kappa shape index (κ2) is 3.84. The minimum Gasteiger partial charge on any atom is -0.103 e. The van der Waals surface area contributed by atoms with Gasteiger partial charge >= 0.3 is 0 Å². The van der Waals surface area contributed by atoms with Gasteiger partial charge in [-0.05, 0) is 41.7 Å². The highest BCUT2D eigenvalue weighted by molar-refractivity contribution is 5.41. The second-order valence-corrected chi connectivity index (χ2v) is 5.03. The van der Waals surface area contributed by atoms with Gasteiger partial charge in [0, 0.05) is 0 Å². The third-order valence-electron chi connectivity index (χ3n) is 3.94. The first-order chi connectivity index (χ1) is 7.15. The molecule has 2 aliphatic carbocycles. The van der Waals surface area contributed by atoms with Gasteiger partial charge in [-0.15, -0.1) is 6.58 Å². The number of hydrogen-bond donors (Lipinski definition) is 0. The van der Waals surface area contributed by atoms with E-state index in [0.29, 0.717) is 5.92 Å². The molecule has 2 aliphatic rings. The van der Waals surface area contributed by atoms with Gasteiger partial charge in [0.25, 0.3) is 0 Å². The zero-order valence-electron chi connectivity index (χ0n) is 9.79. The lowest BCUT2D eigenvalue weighted by atomic mass is 9.69. The van der Waals surface area contributed by atoms with Crippen molar-refractivity contribution in [1.82, 2.24) is 0 Å². The summed E-state index contributed by atoms with van der Waals surface area (Å²) >= 11 is 0. The molecule has 0 aliphatic heterocycles. The van der Waals surface area contributed by atoms with Crippen molar-refractivity contribution in [2.45, 2.75) is 33.1 Å². The summed E-state index contributed by atoms with van der Waals surface area (Å²) in [4.78, 5) is 0. The first-order valence-electron chi connectivity index (χ1n) is 5.86. The van der Waals surface area contributed by atoms with Crippen LogP contribution in [0.15, 0.2) is 48.1 Å². The summed E-state index contributed by atoms with van der Waals surface area (Å²) in [5.41, 5.74) is 3.36. The summed E-state index contributed by atoms with van der Waals surface area (Å²) in [7, 11) is 0. The zero-order valence-corrected chi connectivity index (χ0v) is 9.79. The van der Waals surface area contributed by atoms with Crippen LogP contribution in [0.4, 0.5) is 0 Å². The van der Waals surface area contributed by atoms with E-state index in [4.69, 9.17) is 0 Å². The molecule has 0 aromatic carbocycles. The van der Waals surface area contributed by atoms with Crippen LogP contribution < -0.4 is 0 Å². The molecule has 0 heteroatoms. The molecule has 15 heavy (non-hydrogen) atoms. The van der Waals surface area contributed by atoms with E-state index in [2.05, 4.69) is 50.8 Å². The molecule has 0 spiro atoms. The summed E-state index contributed by atoms with van der Waals surface area (Å²) in [6, 6.07) is 0. The maximum atomic E-state index is 3.92. The average Bonchev–Trinajstić information content (AvgIpc) is 2.27. The van der Waals surface area contributed by atoms with Crippen molar-refractivity contribution in [2.24, 2.45) is 11.3 Å². The Morgan fingerprint density at radius 3 is 2.93 bits per heavy atom. The predicted octanol–water partition coefficient (Wildman–Crippen LogP) is 4.42. The predicted molar refractivity (Wildman–Crippen MR) is 66.6 cm³/mol. The smallest absolute Gasteiger partial charge is 0.00429 e. The lowest BCUT2D eigenvalue weighted by Gasteiger charge is -2.36. The first-order valence-corrected chi connectivity index (χ1v) is 5.86. The molecule has 0 amide bonds. The van der Waals surface area contributed by atoms with E-state index in [1.54, 1.807) is 11.1 Å². The summed E-state index contributed by atoms with van der Waals surface area (Å²) in [5.74, 6) is 0.540. The van der Waals surface area contributed by atoms with Gasteiger partial charge in [-0.25, -0.2) is 0 Å². The van der Waals surface area contributed by atoms with Gasteiger partial charge in [-0.3, -0.25) is 0 Å². The largest absolute Gasteiger partial charge is 0.103 e. The van der Waals surface area contributed by atoms with Gasteiger partial charge in [0.15, 0.2) is 0 Å². The van der Waals surface area contributed by atoms with Gasteiger partial charge in [0.2, 0.25) is 0 Å². The molecule has 2 rings (SSSR count). The van der Waals surface area contributed by atoms with Crippen molar-refractivity contribution >= 4 is 0 Å². The second-order valence-electron chi connectivity index (χ2n) is 5.03. The van der Waals surface area contributed by atoms with Gasteiger partial charge in [-0.1, -0.05) is 44.2 Å². The topological polar surface area (TPSA) is 0 Å². The summed E-state index contributed by atoms with van der Waals surface area (Å²) in [6.07, 6.45) is 15.0. The molecule has 0 radical (unpaired) electrons. The molecule has 80 valence electrons. The molecule has 0 fully saturated rings. The molecule has 0 aromatic heterocycles. The zero-order chi connectivity index (χ0) is 10.9. The van der Waals surface area contributed by atoms with Crippen LogP contribution in [-0.2, 0) is 0 Å². The lowest BCUT2D eigenvalue weighted by Crippen LogP contribution is -2.25. The average molecular weight is 200 g/mol. The fraction of sp³-hybridized carbons (Fsp3) is 0.467. The highest BCUT2D eigenvalue weighted by Crippen LogP contribution is 2.42. The van der Waals surface area contributed by atoms with Crippen LogP contribution in [0.25, 0.3) is 0 Å². The van der Waals surface area contributed by atoms with E-state index in [-0.39, 0.29) is 5.41 Å². The van der Waals surface area contributed by atoms with Gasteiger partial charge in [-0.2, -0.15) is 0 Å². The SMILES string of the molecule is C=CC(C)C1(C)C=CC2=C(C=CCC2)C1. The Bertz CT molecular complexity index is 354. The van der Waals surface area contributed by atoms with Crippen LogP contribution in [0.5, 0.6) is 0 Å². The third-order valence-corrected chi connectivity index (χ3v) is 3.94. The molecule has 0 heterocycles. The summed E-state index contributed by atoms with van der Waals surface area (Å²) in [6.45, 7) is 8.51. The van der Waals surface area contributed by atoms with Crippen LogP contribution in [0.2, 0.25) is 0 Å². The fourth-order valence-electron chi connectivity index (χ4n) is 2.44. The Labute approximate surface area is 93.1 Å². The lowest BCUT2D eigenvalue weighted by molar-refractivity contribution is 0.323. The first kappa shape index (κ1) is 10.5. The Morgan fingerprint density at radius 2 is 2.20 bits per heavy atom. The van der Waals surface area contributed by atoms with Crippen molar-refractivity contribution in [2.75, 3.05) is 0 Å². The van der Waals surface area contributed by atoms with Gasteiger partial charge < -0.3 is 0 Å². The Balaban J connectivity index is 2.25. The number of allylic oxidation sites excluding steroid dienone is 7. The summed E-state index contributed by atoms with van der Waals surface area (Å²) in [5, 5.41) is 0. The molecule has 2 unspecified atom stereocenters. The van der Waals surface area contributed by atoms with Crippen molar-refractivity contribution in [3.63, 3.8) is 0 Å². The minimum atomic E-state index is 0.266. The minimum absolute atomic E-state index is 0.266. The van der Waals surface area contributed by atoms with Crippen molar-refractivity contribution < 1.29 is 0 Å². The molecule has 0 saturated carbocycles. The van der Waals surface area contributed by atoms with E-state index in [0.717, 1.165) is 0 Å². The maximum Gasteiger partial charge on any atom is -0.00429 e. The standard InChI is InChI=1S/C15H20/c1-4-12(2)15(3)10-9-13-7-5-6-8-14(13)11-15/h4,6,8-10,12H,1,5,7,11H2,2-3H3. The fourth-order valence-corrected chi connectivity index (χ4v) is 2.44. The highest BCUT2D eigenvalue weighted by Gasteiger charge is 2.30. The normalized spacial score (nSPS) is 31.3. The van der Waals surface area contributed by atoms with Crippen molar-refractivity contribution in [3.05, 3.63) is 48.1 Å². The number of rotatable bonds is 2. The van der Waals surface area contributed by atoms with E-state index in [9.17, 15) is 0 Å². The van der Waals surface area contributed by atoms with E-state index >= 15 is 0 Å². The Morgan fingerprint density at radius 1 is 1.40 bits per heavy atom. The van der Waals surface area contributed by atoms with E-state index in [1.807, 2.05) is 0 Å². The molecular weight excluding hydrogens is 180 g/mol. The summed E-state index contributed by atoms with van der Waals surface area (Å²) < 4.78 is 0. The molecule has 0 nitrogen and oxygen atoms in total. The van der Waals surface area contributed by atoms with Crippen LogP contribution in [-0.4, -0.2) is 0 Å². The highest BCUT2D eigenvalue weighted by atomic mass is 14.3. The van der Waals surface area contributed by atoms with Gasteiger partial charge in [0.1, 0.15) is 0 Å². The Hall–Kier alpha value is -1.04. The third kappa shape index (κ3) is 1.86. The van der Waals surface area contributed by atoms with E-state index in [1.165, 1.54) is 19.3 Å². The molecule has 0 N–H and O–H groups in total. The monoisotopic (exact) mass is 200 g/mol. The van der Waals surface area contributed by atoms with E-state index < -0.39 is 0 Å². The molecule has 0 bridgehead atoms. The van der Waals surface area contributed by atoms with Gasteiger partial charge in [0.05, 0.1) is 0 Å². The maximum absolute atomic E-state index is 3.92.